The lowest BCUT2D eigenvalue weighted by atomic mass is 10.1. The monoisotopic (exact) mass is 495 g/mol. The van der Waals surface area contributed by atoms with E-state index in [1.54, 1.807) is 11.1 Å². The van der Waals surface area contributed by atoms with Crippen LogP contribution in [0.15, 0.2) is 53.7 Å². The van der Waals surface area contributed by atoms with Crippen LogP contribution < -0.4 is 10.6 Å². The largest absolute Gasteiger partial charge is 0.357 e. The van der Waals surface area contributed by atoms with Crippen LogP contribution in [0.2, 0.25) is 0 Å². The normalized spacial score (nSPS) is 10.8. The Kier molecular flexibility index (Phi) is 11.2. The zero-order valence-electron chi connectivity index (χ0n) is 16.8. The second kappa shape index (κ2) is 13.1. The number of hydrogen-bond donors (Lipinski definition) is 2. The van der Waals surface area contributed by atoms with Crippen LogP contribution in [0.4, 0.5) is 0 Å². The summed E-state index contributed by atoms with van der Waals surface area (Å²) in [7, 11) is 1.81. The molecule has 2 rings (SSSR count). The van der Waals surface area contributed by atoms with Crippen molar-refractivity contribution >= 4 is 35.8 Å². The summed E-state index contributed by atoms with van der Waals surface area (Å²) in [4.78, 5) is 22.9. The van der Waals surface area contributed by atoms with E-state index < -0.39 is 0 Å². The molecule has 7 heteroatoms. The highest BCUT2D eigenvalue weighted by atomic mass is 127. The van der Waals surface area contributed by atoms with Crippen molar-refractivity contribution in [3.8, 4) is 0 Å². The number of aryl methyl sites for hydroxylation is 1. The van der Waals surface area contributed by atoms with Gasteiger partial charge in [0.05, 0.1) is 13.1 Å². The third-order valence-corrected chi connectivity index (χ3v) is 4.15. The number of carbonyl (C=O) groups is 1. The quantitative estimate of drug-likeness (QED) is 0.336. The molecular formula is C21H30IN5O. The van der Waals surface area contributed by atoms with E-state index in [9.17, 15) is 4.79 Å². The van der Waals surface area contributed by atoms with E-state index in [1.165, 1.54) is 5.56 Å². The molecule has 28 heavy (non-hydrogen) atoms. The lowest BCUT2D eigenvalue weighted by Crippen LogP contribution is -2.44. The molecule has 0 unspecified atom stereocenters. The zero-order chi connectivity index (χ0) is 19.5. The molecule has 0 atom stereocenters. The highest BCUT2D eigenvalue weighted by molar-refractivity contribution is 14.0. The van der Waals surface area contributed by atoms with E-state index in [1.807, 2.05) is 32.2 Å². The minimum absolute atomic E-state index is 0. The van der Waals surface area contributed by atoms with Gasteiger partial charge in [-0.25, -0.2) is 4.99 Å². The van der Waals surface area contributed by atoms with Gasteiger partial charge in [0, 0.05) is 38.4 Å². The molecule has 0 aliphatic carbocycles. The van der Waals surface area contributed by atoms with Crippen LogP contribution in [-0.2, 0) is 17.8 Å². The minimum Gasteiger partial charge on any atom is -0.357 e. The number of carbonyl (C=O) groups excluding carboxylic acids is 1. The fourth-order valence-corrected chi connectivity index (χ4v) is 2.45. The van der Waals surface area contributed by atoms with E-state index in [0.29, 0.717) is 19.0 Å². The number of nitrogens with one attached hydrogen (secondary N) is 2. The molecular weight excluding hydrogens is 465 g/mol. The molecule has 0 aliphatic rings. The smallest absolute Gasteiger partial charge is 0.241 e. The first kappa shape index (κ1) is 23.9. The third-order valence-electron chi connectivity index (χ3n) is 4.15. The second-order valence-corrected chi connectivity index (χ2v) is 6.42. The van der Waals surface area contributed by atoms with Crippen molar-refractivity contribution in [3.63, 3.8) is 0 Å². The Labute approximate surface area is 184 Å². The van der Waals surface area contributed by atoms with Gasteiger partial charge in [0.15, 0.2) is 5.96 Å². The van der Waals surface area contributed by atoms with Gasteiger partial charge in [-0.3, -0.25) is 9.78 Å². The van der Waals surface area contributed by atoms with Gasteiger partial charge >= 0.3 is 0 Å². The first-order valence-electron chi connectivity index (χ1n) is 9.30. The van der Waals surface area contributed by atoms with Crippen molar-refractivity contribution < 1.29 is 4.79 Å². The van der Waals surface area contributed by atoms with Crippen LogP contribution in [0.25, 0.3) is 0 Å². The van der Waals surface area contributed by atoms with E-state index >= 15 is 0 Å². The molecule has 0 spiro atoms. The van der Waals surface area contributed by atoms with E-state index in [2.05, 4.69) is 51.8 Å². The molecule has 0 radical (unpaired) electrons. The van der Waals surface area contributed by atoms with Gasteiger partial charge in [-0.15, -0.1) is 24.0 Å². The highest BCUT2D eigenvalue weighted by Crippen LogP contribution is 2.04. The maximum absolute atomic E-state index is 12.3. The number of amides is 1. The maximum Gasteiger partial charge on any atom is 0.241 e. The first-order valence-corrected chi connectivity index (χ1v) is 9.30. The summed E-state index contributed by atoms with van der Waals surface area (Å²) in [5, 5.41) is 6.29. The van der Waals surface area contributed by atoms with Gasteiger partial charge < -0.3 is 15.5 Å². The van der Waals surface area contributed by atoms with Crippen LogP contribution in [-0.4, -0.2) is 48.4 Å². The average Bonchev–Trinajstić information content (AvgIpc) is 2.70. The number of hydrogen-bond acceptors (Lipinski definition) is 3. The summed E-state index contributed by atoms with van der Waals surface area (Å²) in [6, 6.07) is 14.1. The molecule has 2 aromatic rings. The lowest BCUT2D eigenvalue weighted by molar-refractivity contribution is -0.128. The Balaban J connectivity index is 0.00000392. The number of pyridine rings is 1. The topological polar surface area (TPSA) is 69.6 Å². The van der Waals surface area contributed by atoms with Crippen LogP contribution in [0.5, 0.6) is 0 Å². The molecule has 1 amide bonds. The Bertz CT molecular complexity index is 734. The summed E-state index contributed by atoms with van der Waals surface area (Å²) in [5.41, 5.74) is 3.35. The molecule has 2 N–H and O–H groups in total. The fourth-order valence-electron chi connectivity index (χ4n) is 2.45. The number of aromatic nitrogens is 1. The van der Waals surface area contributed by atoms with Crippen LogP contribution >= 0.6 is 24.0 Å². The van der Waals surface area contributed by atoms with Gasteiger partial charge in [-0.2, -0.15) is 0 Å². The molecule has 6 nitrogen and oxygen atoms in total. The summed E-state index contributed by atoms with van der Waals surface area (Å²) in [5.74, 6) is 0.663. The molecule has 1 heterocycles. The minimum atomic E-state index is 0. The molecule has 0 bridgehead atoms. The summed E-state index contributed by atoms with van der Waals surface area (Å²) < 4.78 is 0. The first-order chi connectivity index (χ1) is 13.1. The van der Waals surface area contributed by atoms with E-state index in [-0.39, 0.29) is 36.4 Å². The van der Waals surface area contributed by atoms with Crippen molar-refractivity contribution in [3.05, 3.63) is 65.5 Å². The van der Waals surface area contributed by atoms with Crippen molar-refractivity contribution in [1.29, 1.82) is 0 Å². The van der Waals surface area contributed by atoms with Crippen molar-refractivity contribution in [2.45, 2.75) is 26.8 Å². The molecule has 152 valence electrons. The van der Waals surface area contributed by atoms with Crippen molar-refractivity contribution in [2.24, 2.45) is 4.99 Å². The SMILES string of the molecule is CCNC(=NCc1ccc(C)cc1)NCC(=O)N(C)CCc1ccccn1.I. The Hall–Kier alpha value is -2.16. The number of nitrogens with zero attached hydrogens (tertiary/aromatic N) is 3. The van der Waals surface area contributed by atoms with E-state index in [0.717, 1.165) is 24.2 Å². The molecule has 0 aliphatic heterocycles. The summed E-state index contributed by atoms with van der Waals surface area (Å²) >= 11 is 0. The highest BCUT2D eigenvalue weighted by Gasteiger charge is 2.10. The number of aliphatic imine (C=N–C) groups is 1. The molecule has 1 aromatic heterocycles. The Morgan fingerprint density at radius 3 is 2.54 bits per heavy atom. The molecule has 0 saturated carbocycles. The van der Waals surface area contributed by atoms with Gasteiger partial charge in [0.25, 0.3) is 0 Å². The van der Waals surface area contributed by atoms with Gasteiger partial charge in [-0.05, 0) is 31.5 Å². The maximum atomic E-state index is 12.3. The summed E-state index contributed by atoms with van der Waals surface area (Å²) in [6.07, 6.45) is 2.51. The van der Waals surface area contributed by atoms with Crippen molar-refractivity contribution in [2.75, 3.05) is 26.7 Å². The predicted octanol–water partition coefficient (Wildman–Crippen LogP) is 2.76. The number of rotatable bonds is 8. The third kappa shape index (κ3) is 8.69. The fraction of sp³-hybridized carbons (Fsp3) is 0.381. The van der Waals surface area contributed by atoms with Gasteiger partial charge in [0.1, 0.15) is 0 Å². The molecule has 1 aromatic carbocycles. The Morgan fingerprint density at radius 1 is 1.14 bits per heavy atom. The van der Waals surface area contributed by atoms with Crippen LogP contribution in [0, 0.1) is 6.92 Å². The lowest BCUT2D eigenvalue weighted by Gasteiger charge is -2.18. The van der Waals surface area contributed by atoms with Crippen LogP contribution in [0.3, 0.4) is 0 Å². The van der Waals surface area contributed by atoms with E-state index in [4.69, 9.17) is 0 Å². The number of benzene rings is 1. The number of guanidine groups is 1. The molecule has 0 fully saturated rings. The Morgan fingerprint density at radius 2 is 1.89 bits per heavy atom. The van der Waals surface area contributed by atoms with Gasteiger partial charge in [0.2, 0.25) is 5.91 Å². The predicted molar refractivity (Wildman–Crippen MR) is 125 cm³/mol. The second-order valence-electron chi connectivity index (χ2n) is 6.42. The van der Waals surface area contributed by atoms with Gasteiger partial charge in [-0.1, -0.05) is 35.9 Å². The number of halogens is 1. The van der Waals surface area contributed by atoms with Crippen LogP contribution in [0.1, 0.15) is 23.7 Å². The molecule has 0 saturated heterocycles. The zero-order valence-corrected chi connectivity index (χ0v) is 19.1. The van der Waals surface area contributed by atoms with Crippen molar-refractivity contribution in [1.82, 2.24) is 20.5 Å². The summed E-state index contributed by atoms with van der Waals surface area (Å²) in [6.45, 7) is 6.22. The average molecular weight is 495 g/mol. The standard InChI is InChI=1S/C21H29N5O.HI/c1-4-22-21(24-15-18-10-8-17(2)9-11-18)25-16-20(27)26(3)14-12-19-7-5-6-13-23-19;/h5-11,13H,4,12,14-16H2,1-3H3,(H2,22,24,25);1H. The number of likely N-dealkylation sites (N-methyl/N-ethyl adjacent to an activating group) is 1.